The Bertz CT molecular complexity index is 604. The molecule has 134 valence electrons. The van der Waals surface area contributed by atoms with Crippen LogP contribution in [0.25, 0.3) is 6.08 Å². The van der Waals surface area contributed by atoms with Gasteiger partial charge in [0.25, 0.3) is 0 Å². The van der Waals surface area contributed by atoms with Gasteiger partial charge in [0.1, 0.15) is 6.10 Å². The molecule has 4 heteroatoms. The quantitative estimate of drug-likeness (QED) is 0.533. The summed E-state index contributed by atoms with van der Waals surface area (Å²) in [4.78, 5) is 11.1. The van der Waals surface area contributed by atoms with Crippen LogP contribution in [-0.2, 0) is 9.53 Å². The maximum Gasteiger partial charge on any atom is 0.331 e. The SMILES string of the molecule is O=C1C=CC[C@H](/C=C/C[C@H](O)C[C@@H](O)CC/C=C/c2ccccc2)O1. The molecule has 1 heterocycles. The minimum atomic E-state index is -0.598. The molecular weight excluding hydrogens is 316 g/mol. The molecule has 0 saturated carbocycles. The van der Waals surface area contributed by atoms with Crippen LogP contribution < -0.4 is 0 Å². The molecule has 3 atom stereocenters. The molecule has 0 aromatic heterocycles. The van der Waals surface area contributed by atoms with Crippen molar-refractivity contribution in [2.75, 3.05) is 0 Å². The van der Waals surface area contributed by atoms with Crippen molar-refractivity contribution in [3.63, 3.8) is 0 Å². The summed E-state index contributed by atoms with van der Waals surface area (Å²) in [7, 11) is 0. The summed E-state index contributed by atoms with van der Waals surface area (Å²) in [6.45, 7) is 0. The second kappa shape index (κ2) is 10.6. The van der Waals surface area contributed by atoms with Crippen LogP contribution in [0.15, 0.2) is 60.7 Å². The van der Waals surface area contributed by atoms with Gasteiger partial charge in [0.15, 0.2) is 0 Å². The van der Waals surface area contributed by atoms with E-state index in [0.29, 0.717) is 25.7 Å². The number of aliphatic hydroxyl groups is 2. The first kappa shape index (κ1) is 19.2. The Kier molecular flexibility index (Phi) is 8.16. The average molecular weight is 342 g/mol. The highest BCUT2D eigenvalue weighted by Crippen LogP contribution is 2.12. The van der Waals surface area contributed by atoms with E-state index in [4.69, 9.17) is 4.74 Å². The third-order valence-corrected chi connectivity index (χ3v) is 3.97. The number of benzene rings is 1. The van der Waals surface area contributed by atoms with Gasteiger partial charge in [-0.05, 0) is 37.3 Å². The third kappa shape index (κ3) is 7.96. The molecule has 2 rings (SSSR count). The van der Waals surface area contributed by atoms with Crippen LogP contribution in [0.4, 0.5) is 0 Å². The van der Waals surface area contributed by atoms with Crippen LogP contribution in [0.5, 0.6) is 0 Å². The molecule has 0 bridgehead atoms. The highest BCUT2D eigenvalue weighted by molar-refractivity contribution is 5.82. The lowest BCUT2D eigenvalue weighted by Crippen LogP contribution is -2.18. The van der Waals surface area contributed by atoms with E-state index in [1.54, 1.807) is 12.2 Å². The summed E-state index contributed by atoms with van der Waals surface area (Å²) in [5.74, 6) is -0.333. The van der Waals surface area contributed by atoms with Crippen LogP contribution >= 0.6 is 0 Å². The lowest BCUT2D eigenvalue weighted by molar-refractivity contribution is -0.141. The molecule has 0 spiro atoms. The number of hydrogen-bond acceptors (Lipinski definition) is 4. The van der Waals surface area contributed by atoms with Crippen LogP contribution in [0.1, 0.15) is 37.7 Å². The van der Waals surface area contributed by atoms with Crippen LogP contribution in [0, 0.1) is 0 Å². The fraction of sp³-hybridized carbons (Fsp3) is 0.381. The van der Waals surface area contributed by atoms with Crippen molar-refractivity contribution in [1.82, 2.24) is 0 Å². The molecular formula is C21H26O4. The van der Waals surface area contributed by atoms with Crippen LogP contribution in [0.3, 0.4) is 0 Å². The predicted octanol–water partition coefficient (Wildman–Crippen LogP) is 3.41. The van der Waals surface area contributed by atoms with Gasteiger partial charge in [0.2, 0.25) is 0 Å². The van der Waals surface area contributed by atoms with E-state index in [0.717, 1.165) is 12.0 Å². The number of cyclic esters (lactones) is 1. The van der Waals surface area contributed by atoms with Crippen molar-refractivity contribution in [2.24, 2.45) is 0 Å². The van der Waals surface area contributed by atoms with Gasteiger partial charge < -0.3 is 14.9 Å². The maximum atomic E-state index is 11.1. The number of allylic oxidation sites excluding steroid dienone is 1. The first-order valence-electron chi connectivity index (χ1n) is 8.75. The highest BCUT2D eigenvalue weighted by atomic mass is 16.5. The summed E-state index contributed by atoms with van der Waals surface area (Å²) in [6.07, 6.45) is 12.3. The van der Waals surface area contributed by atoms with Crippen molar-refractivity contribution < 1.29 is 19.7 Å². The Labute approximate surface area is 149 Å². The normalized spacial score (nSPS) is 20.1. The Morgan fingerprint density at radius 3 is 2.72 bits per heavy atom. The number of hydrogen-bond donors (Lipinski definition) is 2. The smallest absolute Gasteiger partial charge is 0.331 e. The van der Waals surface area contributed by atoms with E-state index >= 15 is 0 Å². The van der Waals surface area contributed by atoms with Gasteiger partial charge in [-0.3, -0.25) is 0 Å². The fourth-order valence-corrected chi connectivity index (χ4v) is 2.64. The van der Waals surface area contributed by atoms with E-state index in [1.807, 2.05) is 48.6 Å². The van der Waals surface area contributed by atoms with Crippen molar-refractivity contribution in [3.05, 3.63) is 66.3 Å². The molecule has 0 aliphatic carbocycles. The number of carbonyl (C=O) groups excluding carboxylic acids is 1. The van der Waals surface area contributed by atoms with E-state index < -0.39 is 12.2 Å². The summed E-state index contributed by atoms with van der Waals surface area (Å²) in [5.41, 5.74) is 1.14. The third-order valence-electron chi connectivity index (χ3n) is 3.97. The predicted molar refractivity (Wildman–Crippen MR) is 98.7 cm³/mol. The summed E-state index contributed by atoms with van der Waals surface area (Å²) < 4.78 is 5.10. The first-order chi connectivity index (χ1) is 12.1. The van der Waals surface area contributed by atoms with E-state index in [2.05, 4.69) is 0 Å². The number of aliphatic hydroxyl groups excluding tert-OH is 2. The standard InChI is InChI=1S/C21H26O4/c22-18(11-5-4-10-17-8-2-1-3-9-17)16-19(23)12-6-13-20-14-7-15-21(24)25-20/h1-4,6-10,13,15,18-20,22-23H,5,11-12,14,16H2/b10-4+,13-6+/t18-,19-,20-/m0/s1. The molecule has 1 aliphatic heterocycles. The maximum absolute atomic E-state index is 11.1. The van der Waals surface area contributed by atoms with Crippen LogP contribution in [-0.4, -0.2) is 34.5 Å². The van der Waals surface area contributed by atoms with Crippen LogP contribution in [0.2, 0.25) is 0 Å². The van der Waals surface area contributed by atoms with Gasteiger partial charge in [0.05, 0.1) is 12.2 Å². The number of ether oxygens (including phenoxy) is 1. The van der Waals surface area contributed by atoms with Crippen molar-refractivity contribution in [2.45, 2.75) is 50.4 Å². The highest BCUT2D eigenvalue weighted by Gasteiger charge is 2.13. The molecule has 2 N–H and O–H groups in total. The van der Waals surface area contributed by atoms with Crippen molar-refractivity contribution in [1.29, 1.82) is 0 Å². The van der Waals surface area contributed by atoms with Gasteiger partial charge >= 0.3 is 5.97 Å². The van der Waals surface area contributed by atoms with Crippen molar-refractivity contribution in [3.8, 4) is 0 Å². The lowest BCUT2D eigenvalue weighted by atomic mass is 10.0. The molecule has 0 radical (unpaired) electrons. The van der Waals surface area contributed by atoms with Gasteiger partial charge in [-0.15, -0.1) is 0 Å². The van der Waals surface area contributed by atoms with E-state index in [9.17, 15) is 15.0 Å². The largest absolute Gasteiger partial charge is 0.455 e. The fourth-order valence-electron chi connectivity index (χ4n) is 2.64. The molecule has 0 fully saturated rings. The number of carbonyl (C=O) groups is 1. The van der Waals surface area contributed by atoms with Gasteiger partial charge in [-0.1, -0.05) is 54.6 Å². The minimum Gasteiger partial charge on any atom is -0.455 e. The number of esters is 1. The Hall–Kier alpha value is -2.17. The Morgan fingerprint density at radius 1 is 1.16 bits per heavy atom. The van der Waals surface area contributed by atoms with E-state index in [-0.39, 0.29) is 12.1 Å². The molecule has 0 unspecified atom stereocenters. The zero-order valence-electron chi connectivity index (χ0n) is 14.3. The van der Waals surface area contributed by atoms with Gasteiger partial charge in [-0.25, -0.2) is 4.79 Å². The molecule has 0 saturated heterocycles. The Morgan fingerprint density at radius 2 is 1.96 bits per heavy atom. The van der Waals surface area contributed by atoms with Crippen molar-refractivity contribution >= 4 is 12.0 Å². The summed E-state index contributed by atoms with van der Waals surface area (Å²) >= 11 is 0. The zero-order chi connectivity index (χ0) is 17.9. The number of rotatable bonds is 9. The minimum absolute atomic E-state index is 0.252. The monoisotopic (exact) mass is 342 g/mol. The van der Waals surface area contributed by atoms with E-state index in [1.165, 1.54) is 6.08 Å². The summed E-state index contributed by atoms with van der Waals surface area (Å²) in [5, 5.41) is 20.0. The lowest BCUT2D eigenvalue weighted by Gasteiger charge is -2.16. The molecule has 25 heavy (non-hydrogen) atoms. The molecule has 1 aromatic carbocycles. The zero-order valence-corrected chi connectivity index (χ0v) is 14.3. The molecule has 0 amide bonds. The average Bonchev–Trinajstić information content (AvgIpc) is 2.60. The van der Waals surface area contributed by atoms with Gasteiger partial charge in [0, 0.05) is 12.5 Å². The molecule has 1 aliphatic rings. The topological polar surface area (TPSA) is 66.8 Å². The van der Waals surface area contributed by atoms with Gasteiger partial charge in [-0.2, -0.15) is 0 Å². The first-order valence-corrected chi connectivity index (χ1v) is 8.75. The second-order valence-electron chi connectivity index (χ2n) is 6.21. The molecule has 4 nitrogen and oxygen atoms in total. The Balaban J connectivity index is 1.61. The second-order valence-corrected chi connectivity index (χ2v) is 6.21. The molecule has 1 aromatic rings. The summed E-state index contributed by atoms with van der Waals surface area (Å²) in [6, 6.07) is 10.0.